The molecule has 0 bridgehead atoms. The van der Waals surface area contributed by atoms with E-state index in [0.717, 1.165) is 25.9 Å². The molecule has 0 aliphatic carbocycles. The molecule has 1 N–H and O–H groups in total. The molecule has 2 aromatic rings. The van der Waals surface area contributed by atoms with Gasteiger partial charge in [0, 0.05) is 18.2 Å². The molecule has 2 aromatic carbocycles. The number of allylic oxidation sites excluding steroid dienone is 1. The lowest BCUT2D eigenvalue weighted by atomic mass is 10.0. The summed E-state index contributed by atoms with van der Waals surface area (Å²) < 4.78 is 16.6. The van der Waals surface area contributed by atoms with Gasteiger partial charge in [0.05, 0.1) is 25.3 Å². The summed E-state index contributed by atoms with van der Waals surface area (Å²) in [6.07, 6.45) is 5.21. The number of hydrogen-bond acceptors (Lipinski definition) is 6. The van der Waals surface area contributed by atoms with Crippen LogP contribution in [0.1, 0.15) is 40.7 Å². The highest BCUT2D eigenvalue weighted by Crippen LogP contribution is 2.41. The van der Waals surface area contributed by atoms with Gasteiger partial charge in [-0.25, -0.2) is 0 Å². The Labute approximate surface area is 170 Å². The minimum Gasteiger partial charge on any atom is -0.507 e. The third-order valence-corrected chi connectivity index (χ3v) is 5.47. The lowest BCUT2D eigenvalue weighted by molar-refractivity contribution is 0.101. The van der Waals surface area contributed by atoms with E-state index < -0.39 is 0 Å². The topological polar surface area (TPSA) is 68.2 Å². The average Bonchev–Trinajstić information content (AvgIpc) is 3.07. The third kappa shape index (κ3) is 3.80. The minimum absolute atomic E-state index is 0.158. The number of rotatable bonds is 5. The van der Waals surface area contributed by atoms with Crippen molar-refractivity contribution in [3.05, 3.63) is 52.8 Å². The standard InChI is InChI=1S/C23H25NO5/c1-27-16-7-6-15(20(13-16)28-2)12-21-22(26)17-8-9-19(25)18(23(17)29-21)14-24-10-4-3-5-11-24/h6-9,12-13,25H,3-5,10-11,14H2,1-2H3/b21-12-. The molecule has 0 saturated carbocycles. The number of fused-ring (bicyclic) bond motifs is 1. The van der Waals surface area contributed by atoms with Crippen LogP contribution in [0.4, 0.5) is 0 Å². The molecule has 1 fully saturated rings. The Hall–Kier alpha value is -2.99. The van der Waals surface area contributed by atoms with Crippen molar-refractivity contribution >= 4 is 11.9 Å². The number of phenolic OH excluding ortho intramolecular Hbond substituents is 1. The first-order chi connectivity index (χ1) is 14.1. The molecule has 0 aromatic heterocycles. The zero-order chi connectivity index (χ0) is 20.4. The van der Waals surface area contributed by atoms with E-state index in [-0.39, 0.29) is 17.3 Å². The first-order valence-corrected chi connectivity index (χ1v) is 9.84. The maximum Gasteiger partial charge on any atom is 0.231 e. The Kier molecular flexibility index (Phi) is 5.45. The average molecular weight is 395 g/mol. The summed E-state index contributed by atoms with van der Waals surface area (Å²) in [7, 11) is 3.15. The normalized spacial score (nSPS) is 17.9. The van der Waals surface area contributed by atoms with Crippen LogP contribution in [0.3, 0.4) is 0 Å². The van der Waals surface area contributed by atoms with Gasteiger partial charge >= 0.3 is 0 Å². The Bertz CT molecular complexity index is 960. The zero-order valence-electron chi connectivity index (χ0n) is 16.7. The quantitative estimate of drug-likeness (QED) is 0.772. The van der Waals surface area contributed by atoms with E-state index in [4.69, 9.17) is 14.2 Å². The second-order valence-corrected chi connectivity index (χ2v) is 7.32. The summed E-state index contributed by atoms with van der Waals surface area (Å²) in [5.74, 6) is 1.89. The van der Waals surface area contributed by atoms with E-state index in [1.807, 2.05) is 6.07 Å². The molecule has 0 amide bonds. The Morgan fingerprint density at radius 1 is 1.10 bits per heavy atom. The van der Waals surface area contributed by atoms with Crippen LogP contribution in [0.25, 0.3) is 6.08 Å². The summed E-state index contributed by atoms with van der Waals surface area (Å²) >= 11 is 0. The molecule has 6 heteroatoms. The number of hydrogen-bond donors (Lipinski definition) is 1. The van der Waals surface area contributed by atoms with Crippen molar-refractivity contribution in [1.29, 1.82) is 0 Å². The number of nitrogens with zero attached hydrogens (tertiary/aromatic N) is 1. The number of likely N-dealkylation sites (tertiary alicyclic amines) is 1. The SMILES string of the molecule is COc1ccc(/C=C2\Oc3c(ccc(O)c3CN3CCCCC3)C2=O)c(OC)c1. The molecule has 6 nitrogen and oxygen atoms in total. The first kappa shape index (κ1) is 19.3. The van der Waals surface area contributed by atoms with Gasteiger partial charge in [0.25, 0.3) is 0 Å². The lowest BCUT2D eigenvalue weighted by Gasteiger charge is -2.27. The van der Waals surface area contributed by atoms with E-state index in [0.29, 0.717) is 40.5 Å². The molecule has 0 atom stereocenters. The number of carbonyl (C=O) groups is 1. The zero-order valence-corrected chi connectivity index (χ0v) is 16.7. The number of phenols is 1. The number of ketones is 1. The predicted octanol–water partition coefficient (Wildman–Crippen LogP) is 4.01. The number of piperidine rings is 1. The van der Waals surface area contributed by atoms with Gasteiger partial charge in [-0.3, -0.25) is 9.69 Å². The van der Waals surface area contributed by atoms with Crippen LogP contribution in [0.15, 0.2) is 36.1 Å². The number of ether oxygens (including phenoxy) is 3. The van der Waals surface area contributed by atoms with Gasteiger partial charge in [0.1, 0.15) is 23.0 Å². The molecule has 1 saturated heterocycles. The first-order valence-electron chi connectivity index (χ1n) is 9.84. The van der Waals surface area contributed by atoms with Gasteiger partial charge in [0.2, 0.25) is 5.78 Å². The molecule has 29 heavy (non-hydrogen) atoms. The molecule has 0 unspecified atom stereocenters. The van der Waals surface area contributed by atoms with Crippen molar-refractivity contribution in [2.75, 3.05) is 27.3 Å². The second-order valence-electron chi connectivity index (χ2n) is 7.32. The number of Topliss-reactive ketones (excluding diaryl/α,β-unsaturated/α-hetero) is 1. The van der Waals surface area contributed by atoms with Gasteiger partial charge in [-0.1, -0.05) is 6.42 Å². The van der Waals surface area contributed by atoms with Crippen LogP contribution in [0.2, 0.25) is 0 Å². The van der Waals surface area contributed by atoms with Crippen molar-refractivity contribution in [2.45, 2.75) is 25.8 Å². The molecule has 0 radical (unpaired) electrons. The van der Waals surface area contributed by atoms with Gasteiger partial charge in [-0.2, -0.15) is 0 Å². The molecule has 0 spiro atoms. The predicted molar refractivity (Wildman–Crippen MR) is 110 cm³/mol. The molecule has 2 aliphatic rings. The summed E-state index contributed by atoms with van der Waals surface area (Å²) in [5, 5.41) is 10.4. The van der Waals surface area contributed by atoms with Crippen LogP contribution < -0.4 is 14.2 Å². The Balaban J connectivity index is 1.66. The van der Waals surface area contributed by atoms with Gasteiger partial charge in [-0.05, 0) is 56.3 Å². The van der Waals surface area contributed by atoms with Crippen LogP contribution in [0, 0.1) is 0 Å². The molecule has 4 rings (SSSR count). The fourth-order valence-corrected chi connectivity index (χ4v) is 3.87. The largest absolute Gasteiger partial charge is 0.507 e. The van der Waals surface area contributed by atoms with Crippen LogP contribution in [-0.4, -0.2) is 43.1 Å². The highest BCUT2D eigenvalue weighted by Gasteiger charge is 2.32. The summed E-state index contributed by atoms with van der Waals surface area (Å²) in [4.78, 5) is 15.2. The number of benzene rings is 2. The number of carbonyl (C=O) groups excluding carboxylic acids is 1. The summed E-state index contributed by atoms with van der Waals surface area (Å²) in [5.41, 5.74) is 1.86. The molecular formula is C23H25NO5. The van der Waals surface area contributed by atoms with Crippen LogP contribution in [-0.2, 0) is 6.54 Å². The minimum atomic E-state index is -0.197. The fourth-order valence-electron chi connectivity index (χ4n) is 3.87. The maximum absolute atomic E-state index is 12.9. The van der Waals surface area contributed by atoms with Crippen molar-refractivity contribution in [3.63, 3.8) is 0 Å². The smallest absolute Gasteiger partial charge is 0.231 e. The lowest BCUT2D eigenvalue weighted by Crippen LogP contribution is -2.29. The Morgan fingerprint density at radius 3 is 2.62 bits per heavy atom. The maximum atomic E-state index is 12.9. The van der Waals surface area contributed by atoms with E-state index >= 15 is 0 Å². The Morgan fingerprint density at radius 2 is 1.90 bits per heavy atom. The second kappa shape index (κ2) is 8.17. The highest BCUT2D eigenvalue weighted by atomic mass is 16.5. The number of methoxy groups -OCH3 is 2. The van der Waals surface area contributed by atoms with Gasteiger partial charge < -0.3 is 19.3 Å². The van der Waals surface area contributed by atoms with Crippen molar-refractivity contribution in [3.8, 4) is 23.0 Å². The number of aromatic hydroxyl groups is 1. The summed E-state index contributed by atoms with van der Waals surface area (Å²) in [6, 6.07) is 8.58. The molecule has 152 valence electrons. The van der Waals surface area contributed by atoms with Crippen molar-refractivity contribution in [1.82, 2.24) is 4.90 Å². The van der Waals surface area contributed by atoms with Crippen LogP contribution in [0.5, 0.6) is 23.0 Å². The van der Waals surface area contributed by atoms with E-state index in [2.05, 4.69) is 4.90 Å². The fraction of sp³-hybridized carbons (Fsp3) is 0.348. The molecule has 2 heterocycles. The molecular weight excluding hydrogens is 370 g/mol. The van der Waals surface area contributed by atoms with E-state index in [1.54, 1.807) is 44.6 Å². The van der Waals surface area contributed by atoms with E-state index in [1.165, 1.54) is 6.42 Å². The summed E-state index contributed by atoms with van der Waals surface area (Å²) in [6.45, 7) is 2.55. The van der Waals surface area contributed by atoms with Crippen LogP contribution >= 0.6 is 0 Å². The van der Waals surface area contributed by atoms with Gasteiger partial charge in [-0.15, -0.1) is 0 Å². The van der Waals surface area contributed by atoms with Crippen molar-refractivity contribution < 1.29 is 24.1 Å². The van der Waals surface area contributed by atoms with Gasteiger partial charge in [0.15, 0.2) is 5.76 Å². The monoisotopic (exact) mass is 395 g/mol. The third-order valence-electron chi connectivity index (χ3n) is 5.47. The van der Waals surface area contributed by atoms with Crippen molar-refractivity contribution in [2.24, 2.45) is 0 Å². The molecule has 2 aliphatic heterocycles. The highest BCUT2D eigenvalue weighted by molar-refractivity contribution is 6.15. The van der Waals surface area contributed by atoms with E-state index in [9.17, 15) is 9.90 Å².